The fraction of sp³-hybridized carbons (Fsp3) is 0.235. The summed E-state index contributed by atoms with van der Waals surface area (Å²) in [4.78, 5) is 0.343. The second-order valence-corrected chi connectivity index (χ2v) is 10.6. The Morgan fingerprint density at radius 3 is 2.58 bits per heavy atom. The van der Waals surface area contributed by atoms with Gasteiger partial charge in [0.2, 0.25) is 0 Å². The van der Waals surface area contributed by atoms with Crippen LogP contribution in [0, 0.1) is 17.1 Å². The average Bonchev–Trinajstić information content (AvgIpc) is 2.79. The Morgan fingerprint density at radius 2 is 1.96 bits per heavy atom. The van der Waals surface area contributed by atoms with E-state index in [4.69, 9.17) is 17.1 Å². The summed E-state index contributed by atoms with van der Waals surface area (Å²) in [6.07, 6.45) is -4.41. The number of benzene rings is 2. The summed E-state index contributed by atoms with van der Waals surface area (Å²) in [6, 6.07) is 7.94. The molecule has 26 heavy (non-hydrogen) atoms. The fourth-order valence-electron chi connectivity index (χ4n) is 2.93. The first kappa shape index (κ1) is 19.0. The van der Waals surface area contributed by atoms with Crippen LogP contribution >= 0.6 is 20.6 Å². The minimum atomic E-state index is -2.18. The first-order valence-electron chi connectivity index (χ1n) is 7.43. The molecule has 3 nitrogen and oxygen atoms in total. The van der Waals surface area contributed by atoms with Crippen LogP contribution in [0.4, 0.5) is 13.2 Å². The number of alkyl halides is 2. The summed E-state index contributed by atoms with van der Waals surface area (Å²) >= 11 is 4.29. The van der Waals surface area contributed by atoms with E-state index < -0.39 is 33.2 Å². The zero-order valence-corrected chi connectivity index (χ0v) is 15.2. The molecule has 9 heteroatoms. The van der Waals surface area contributed by atoms with Crippen LogP contribution in [-0.2, 0) is 0 Å². The summed E-state index contributed by atoms with van der Waals surface area (Å²) in [7, 11) is 3.84. The number of fused-ring (bicyclic) bond motifs is 1. The molecule has 0 spiro atoms. The zero-order valence-electron chi connectivity index (χ0n) is 13.5. The van der Waals surface area contributed by atoms with Crippen molar-refractivity contribution in [2.24, 2.45) is 0 Å². The van der Waals surface area contributed by atoms with Gasteiger partial charge in [-0.25, -0.2) is 22.1 Å². The molecule has 3 rings (SSSR count). The third-order valence-corrected chi connectivity index (χ3v) is 5.87. The molecule has 0 saturated carbocycles. The Kier molecular flexibility index (Phi) is 4.95. The second-order valence-electron chi connectivity index (χ2n) is 6.01. The lowest BCUT2D eigenvalue weighted by Gasteiger charge is -2.29. The first-order chi connectivity index (χ1) is 12.1. The number of aliphatic hydroxyl groups is 1. The first-order valence-corrected chi connectivity index (χ1v) is 10.6. The van der Waals surface area contributed by atoms with Gasteiger partial charge in [-0.05, 0) is 35.4 Å². The highest BCUT2D eigenvalue weighted by atomic mass is 33.1. The van der Waals surface area contributed by atoms with Crippen molar-refractivity contribution in [3.63, 3.8) is 0 Å². The second kappa shape index (κ2) is 6.76. The standard InChI is InChI=1S/C17H13BF3NO2S2/c1-26(18,25)12-3-2-11(13-14(12)17(23)16(21)15(13)20)24-10-5-8(7-22)4-9(19)6-10/h2-6,15-17,23,25H,1H3/t15-,16?,17+/m1/s1. The number of ether oxygens (including phenoxy) is 1. The summed E-state index contributed by atoms with van der Waals surface area (Å²) in [5, 5.41) is 19.0. The molecule has 2 unspecified atom stereocenters. The van der Waals surface area contributed by atoms with Gasteiger partial charge in [-0.3, -0.25) is 0 Å². The minimum Gasteiger partial charge on any atom is -0.457 e. The van der Waals surface area contributed by atoms with Crippen LogP contribution < -0.4 is 4.74 Å². The van der Waals surface area contributed by atoms with Crippen molar-refractivity contribution in [2.75, 3.05) is 6.26 Å². The number of rotatable bonds is 3. The van der Waals surface area contributed by atoms with Crippen LogP contribution in [-0.4, -0.2) is 24.7 Å². The Hall–Kier alpha value is -1.76. The Morgan fingerprint density at radius 1 is 1.27 bits per heavy atom. The summed E-state index contributed by atoms with van der Waals surface area (Å²) in [5.74, 6) is -0.835. The summed E-state index contributed by atoms with van der Waals surface area (Å²) < 4.78 is 47.7. The quantitative estimate of drug-likeness (QED) is 0.454. The predicted molar refractivity (Wildman–Crippen MR) is 97.9 cm³/mol. The van der Waals surface area contributed by atoms with E-state index in [0.717, 1.165) is 12.1 Å². The highest BCUT2D eigenvalue weighted by molar-refractivity contribution is 8.96. The number of nitrogens with zero attached hydrogens (tertiary/aromatic N) is 1. The van der Waals surface area contributed by atoms with E-state index in [9.17, 15) is 18.3 Å². The highest BCUT2D eigenvalue weighted by Crippen LogP contribution is 2.60. The Bertz CT molecular complexity index is 914. The van der Waals surface area contributed by atoms with Crippen molar-refractivity contribution in [1.29, 1.82) is 5.26 Å². The number of hydrogen-bond acceptors (Lipinski definition) is 4. The fourth-order valence-corrected chi connectivity index (χ4v) is 4.42. The molecule has 2 aromatic carbocycles. The largest absolute Gasteiger partial charge is 0.457 e. The third kappa shape index (κ3) is 3.29. The molecule has 0 aromatic heterocycles. The minimum absolute atomic E-state index is 0.00871. The molecule has 4 atom stereocenters. The van der Waals surface area contributed by atoms with Crippen LogP contribution in [0.15, 0.2) is 35.2 Å². The maximum absolute atomic E-state index is 14.5. The van der Waals surface area contributed by atoms with Gasteiger partial charge in [-0.2, -0.15) is 5.26 Å². The normalized spacial score (nSPS) is 25.0. The van der Waals surface area contributed by atoms with Crippen molar-refractivity contribution in [3.05, 3.63) is 52.8 Å². The Balaban J connectivity index is 2.14. The number of thiol groups is 1. The molecule has 0 amide bonds. The zero-order chi connectivity index (χ0) is 19.2. The van der Waals surface area contributed by atoms with Crippen LogP contribution in [0.1, 0.15) is 29.0 Å². The van der Waals surface area contributed by atoms with Gasteiger partial charge in [0.25, 0.3) is 0 Å². The number of aliphatic hydroxyl groups excluding tert-OH is 1. The van der Waals surface area contributed by atoms with Gasteiger partial charge in [-0.1, -0.05) is 0 Å². The Labute approximate surface area is 156 Å². The lowest BCUT2D eigenvalue weighted by molar-refractivity contribution is 0.0455. The van der Waals surface area contributed by atoms with E-state index in [1.807, 2.05) is 0 Å². The van der Waals surface area contributed by atoms with Gasteiger partial charge in [0.05, 0.1) is 11.6 Å². The van der Waals surface area contributed by atoms with Crippen molar-refractivity contribution in [1.82, 2.24) is 0 Å². The van der Waals surface area contributed by atoms with Crippen LogP contribution in [0.2, 0.25) is 0 Å². The number of halogens is 3. The molecule has 0 aliphatic heterocycles. The van der Waals surface area contributed by atoms with Crippen LogP contribution in [0.3, 0.4) is 0 Å². The van der Waals surface area contributed by atoms with Gasteiger partial charge in [-0.15, -0.1) is 11.7 Å². The SMILES string of the molecule is [B]S(C)(S)c1ccc(Oc2cc(F)cc(C#N)c2)c2c1[C@H](O)C(F)[C@@H]2F. The predicted octanol–water partition coefficient (Wildman–Crippen LogP) is 4.61. The summed E-state index contributed by atoms with van der Waals surface area (Å²) in [6.45, 7) is 0. The van der Waals surface area contributed by atoms with E-state index in [1.165, 1.54) is 18.2 Å². The van der Waals surface area contributed by atoms with E-state index >= 15 is 0 Å². The van der Waals surface area contributed by atoms with Crippen molar-refractivity contribution >= 4 is 27.7 Å². The van der Waals surface area contributed by atoms with Gasteiger partial charge in [0.15, 0.2) is 19.5 Å². The molecule has 134 valence electrons. The van der Waals surface area contributed by atoms with Crippen molar-refractivity contribution in [3.8, 4) is 17.6 Å². The van der Waals surface area contributed by atoms with Gasteiger partial charge < -0.3 is 9.84 Å². The molecular weight excluding hydrogens is 382 g/mol. The molecule has 0 bridgehead atoms. The maximum atomic E-state index is 14.5. The molecule has 1 aliphatic carbocycles. The van der Waals surface area contributed by atoms with E-state index in [2.05, 4.69) is 11.7 Å². The van der Waals surface area contributed by atoms with Gasteiger partial charge >= 0.3 is 0 Å². The lowest BCUT2D eigenvalue weighted by atomic mass is 10.1. The average molecular weight is 395 g/mol. The molecular formula is C17H13BF3NO2S2. The molecule has 0 saturated heterocycles. The van der Waals surface area contributed by atoms with Crippen molar-refractivity contribution in [2.45, 2.75) is 23.3 Å². The maximum Gasteiger partial charge on any atom is 0.165 e. The molecule has 2 radical (unpaired) electrons. The van der Waals surface area contributed by atoms with Crippen LogP contribution in [0.5, 0.6) is 11.5 Å². The molecule has 1 aliphatic rings. The van der Waals surface area contributed by atoms with E-state index in [0.29, 0.717) is 4.90 Å². The molecule has 1 N–H and O–H groups in total. The van der Waals surface area contributed by atoms with Gasteiger partial charge in [0, 0.05) is 17.2 Å². The van der Waals surface area contributed by atoms with Crippen molar-refractivity contribution < 1.29 is 23.0 Å². The lowest BCUT2D eigenvalue weighted by Crippen LogP contribution is -2.10. The van der Waals surface area contributed by atoms with E-state index in [1.54, 1.807) is 12.3 Å². The third-order valence-electron chi connectivity index (χ3n) is 4.03. The topological polar surface area (TPSA) is 53.2 Å². The smallest absolute Gasteiger partial charge is 0.165 e. The summed E-state index contributed by atoms with van der Waals surface area (Å²) in [5.41, 5.74) is -0.152. The highest BCUT2D eigenvalue weighted by Gasteiger charge is 2.45. The molecule has 0 fully saturated rings. The monoisotopic (exact) mass is 395 g/mol. The molecule has 0 heterocycles. The number of hydrogen-bond donors (Lipinski definition) is 2. The van der Waals surface area contributed by atoms with Crippen LogP contribution in [0.25, 0.3) is 0 Å². The molecule has 2 aromatic rings. The van der Waals surface area contributed by atoms with E-state index in [-0.39, 0.29) is 28.2 Å². The number of nitriles is 1. The van der Waals surface area contributed by atoms with Gasteiger partial charge in [0.1, 0.15) is 23.4 Å².